The van der Waals surface area contributed by atoms with E-state index in [4.69, 9.17) is 10.5 Å². The number of hydrogen-bond donors (Lipinski definition) is 2. The largest absolute Gasteiger partial charge is 0.493 e. The predicted molar refractivity (Wildman–Crippen MR) is 94.5 cm³/mol. The molecule has 2 aromatic rings. The highest BCUT2D eigenvalue weighted by Gasteiger charge is 2.25. The maximum Gasteiger partial charge on any atom is 0.271 e. The van der Waals surface area contributed by atoms with Gasteiger partial charge in [-0.15, -0.1) is 0 Å². The van der Waals surface area contributed by atoms with Gasteiger partial charge in [0.1, 0.15) is 5.75 Å². The van der Waals surface area contributed by atoms with Crippen molar-refractivity contribution < 1.29 is 9.84 Å². The van der Waals surface area contributed by atoms with Crippen LogP contribution in [0.5, 0.6) is 5.75 Å². The summed E-state index contributed by atoms with van der Waals surface area (Å²) in [7, 11) is 0. The van der Waals surface area contributed by atoms with Crippen LogP contribution in [0.15, 0.2) is 23.0 Å². The Bertz CT molecular complexity index is 856. The molecular weight excluding hydrogens is 318 g/mol. The lowest BCUT2D eigenvalue weighted by molar-refractivity contribution is 0.299. The Labute approximate surface area is 146 Å². The number of nitrogens with two attached hydrogens (primary N) is 1. The van der Waals surface area contributed by atoms with Crippen LogP contribution in [-0.2, 0) is 25.9 Å². The number of fused-ring (bicyclic) bond motifs is 1. The Balaban J connectivity index is 1.87. The number of aliphatic hydroxyl groups excluding tert-OH is 1. The first-order valence-electron chi connectivity index (χ1n) is 8.91. The minimum atomic E-state index is -0.119. The molecule has 132 valence electrons. The molecule has 1 aromatic carbocycles. The normalized spacial score (nSPS) is 15.9. The third-order valence-corrected chi connectivity index (χ3v) is 5.02. The van der Waals surface area contributed by atoms with Crippen LogP contribution in [0.4, 0.5) is 0 Å². The fourth-order valence-electron chi connectivity index (χ4n) is 3.48. The molecule has 0 bridgehead atoms. The second kappa shape index (κ2) is 6.61. The monoisotopic (exact) mass is 341 g/mol. The summed E-state index contributed by atoms with van der Waals surface area (Å²) in [5.41, 5.74) is 9.96. The summed E-state index contributed by atoms with van der Waals surface area (Å²) in [6, 6.07) is 6.01. The van der Waals surface area contributed by atoms with Crippen molar-refractivity contribution in [3.63, 3.8) is 0 Å². The zero-order valence-electron chi connectivity index (χ0n) is 14.2. The number of ether oxygens (including phenoxy) is 1. The van der Waals surface area contributed by atoms with Gasteiger partial charge in [-0.05, 0) is 54.5 Å². The van der Waals surface area contributed by atoms with Crippen LogP contribution in [0.25, 0.3) is 11.3 Å². The maximum absolute atomic E-state index is 12.7. The van der Waals surface area contributed by atoms with Gasteiger partial charge in [-0.1, -0.05) is 0 Å². The molecule has 1 aliphatic carbocycles. The topological polar surface area (TPSA) is 90.4 Å². The quantitative estimate of drug-likeness (QED) is 0.825. The van der Waals surface area contributed by atoms with Crippen molar-refractivity contribution >= 4 is 0 Å². The van der Waals surface area contributed by atoms with Crippen LogP contribution in [0.2, 0.25) is 0 Å². The molecule has 6 heteroatoms. The standard InChI is InChI=1S/C19H23N3O3/c20-10-16-15(5-7-23)18(21-22(19(16)24)11-12-1-2-12)14-3-4-17-13(9-14)6-8-25-17/h3-4,9,12,23H,1-2,5-8,10-11,20H2. The Morgan fingerprint density at radius 3 is 2.88 bits per heavy atom. The van der Waals surface area contributed by atoms with E-state index in [1.165, 1.54) is 0 Å². The number of benzene rings is 1. The van der Waals surface area contributed by atoms with Crippen molar-refractivity contribution in [2.24, 2.45) is 11.7 Å². The van der Waals surface area contributed by atoms with Gasteiger partial charge in [0.25, 0.3) is 5.56 Å². The van der Waals surface area contributed by atoms with Gasteiger partial charge < -0.3 is 15.6 Å². The van der Waals surface area contributed by atoms with E-state index in [1.54, 1.807) is 4.68 Å². The second-order valence-electron chi connectivity index (χ2n) is 6.84. The Morgan fingerprint density at radius 2 is 2.16 bits per heavy atom. The van der Waals surface area contributed by atoms with E-state index in [-0.39, 0.29) is 18.7 Å². The average Bonchev–Trinajstić information content (AvgIpc) is 3.31. The molecule has 0 unspecified atom stereocenters. The summed E-state index contributed by atoms with van der Waals surface area (Å²) in [5, 5.41) is 14.2. The first kappa shape index (κ1) is 16.3. The number of hydrogen-bond acceptors (Lipinski definition) is 5. The minimum Gasteiger partial charge on any atom is -0.493 e. The number of rotatable bonds is 6. The van der Waals surface area contributed by atoms with Crippen LogP contribution >= 0.6 is 0 Å². The van der Waals surface area contributed by atoms with E-state index in [9.17, 15) is 9.90 Å². The van der Waals surface area contributed by atoms with Crippen LogP contribution in [0.3, 0.4) is 0 Å². The molecule has 2 aliphatic rings. The molecule has 6 nitrogen and oxygen atoms in total. The molecule has 0 amide bonds. The van der Waals surface area contributed by atoms with Crippen molar-refractivity contribution in [3.05, 3.63) is 45.2 Å². The van der Waals surface area contributed by atoms with Crippen molar-refractivity contribution in [1.82, 2.24) is 9.78 Å². The molecule has 1 aliphatic heterocycles. The van der Waals surface area contributed by atoms with Crippen LogP contribution < -0.4 is 16.0 Å². The summed E-state index contributed by atoms with van der Waals surface area (Å²) in [5.74, 6) is 1.46. The lowest BCUT2D eigenvalue weighted by atomic mass is 9.98. The first-order valence-corrected chi connectivity index (χ1v) is 8.91. The molecule has 3 N–H and O–H groups in total. The maximum atomic E-state index is 12.7. The van der Waals surface area contributed by atoms with Gasteiger partial charge in [-0.2, -0.15) is 5.10 Å². The summed E-state index contributed by atoms with van der Waals surface area (Å²) in [6.07, 6.45) is 3.55. The molecule has 1 fully saturated rings. The highest BCUT2D eigenvalue weighted by molar-refractivity contribution is 5.66. The third kappa shape index (κ3) is 3.07. The smallest absolute Gasteiger partial charge is 0.271 e. The van der Waals surface area contributed by atoms with Crippen molar-refractivity contribution in [2.45, 2.75) is 38.8 Å². The summed E-state index contributed by atoms with van der Waals surface area (Å²) in [6.45, 7) is 1.46. The van der Waals surface area contributed by atoms with E-state index in [0.29, 0.717) is 31.1 Å². The molecular formula is C19H23N3O3. The molecule has 0 atom stereocenters. The molecule has 4 rings (SSSR count). The van der Waals surface area contributed by atoms with Gasteiger partial charge >= 0.3 is 0 Å². The third-order valence-electron chi connectivity index (χ3n) is 5.02. The van der Waals surface area contributed by atoms with Gasteiger partial charge in [0, 0.05) is 37.2 Å². The van der Waals surface area contributed by atoms with E-state index < -0.39 is 0 Å². The Kier molecular flexibility index (Phi) is 4.31. The fourth-order valence-corrected chi connectivity index (χ4v) is 3.48. The summed E-state index contributed by atoms with van der Waals surface area (Å²) in [4.78, 5) is 12.7. The molecule has 1 aromatic heterocycles. The highest BCUT2D eigenvalue weighted by Crippen LogP contribution is 2.33. The van der Waals surface area contributed by atoms with Crippen LogP contribution in [0.1, 0.15) is 29.5 Å². The SMILES string of the molecule is NCc1c(CCO)c(-c2ccc3c(c2)CCO3)nn(CC2CC2)c1=O. The number of nitrogens with zero attached hydrogens (tertiary/aromatic N) is 2. The fraction of sp³-hybridized carbons (Fsp3) is 0.474. The van der Waals surface area contributed by atoms with E-state index in [1.807, 2.05) is 12.1 Å². The highest BCUT2D eigenvalue weighted by atomic mass is 16.5. The van der Waals surface area contributed by atoms with Gasteiger partial charge in [-0.25, -0.2) is 4.68 Å². The molecule has 0 spiro atoms. The number of aliphatic hydroxyl groups is 1. The van der Waals surface area contributed by atoms with E-state index >= 15 is 0 Å². The van der Waals surface area contributed by atoms with E-state index in [0.717, 1.165) is 47.4 Å². The van der Waals surface area contributed by atoms with E-state index in [2.05, 4.69) is 11.2 Å². The lowest BCUT2D eigenvalue weighted by Gasteiger charge is -2.16. The summed E-state index contributed by atoms with van der Waals surface area (Å²) < 4.78 is 7.15. The zero-order chi connectivity index (χ0) is 17.4. The molecule has 0 saturated heterocycles. The lowest BCUT2D eigenvalue weighted by Crippen LogP contribution is -2.31. The van der Waals surface area contributed by atoms with Crippen molar-refractivity contribution in [2.75, 3.05) is 13.2 Å². The molecule has 0 radical (unpaired) electrons. The van der Waals surface area contributed by atoms with Crippen molar-refractivity contribution in [3.8, 4) is 17.0 Å². The Morgan fingerprint density at radius 1 is 1.32 bits per heavy atom. The molecule has 2 heterocycles. The summed E-state index contributed by atoms with van der Waals surface area (Å²) >= 11 is 0. The Hall–Kier alpha value is -2.18. The van der Waals surface area contributed by atoms with Gasteiger partial charge in [0.05, 0.1) is 12.3 Å². The van der Waals surface area contributed by atoms with Crippen LogP contribution in [-0.4, -0.2) is 28.1 Å². The molecule has 25 heavy (non-hydrogen) atoms. The first-order chi connectivity index (χ1) is 12.2. The average molecular weight is 341 g/mol. The van der Waals surface area contributed by atoms with Gasteiger partial charge in [0.2, 0.25) is 0 Å². The zero-order valence-corrected chi connectivity index (χ0v) is 14.2. The van der Waals surface area contributed by atoms with Gasteiger partial charge in [-0.3, -0.25) is 4.79 Å². The second-order valence-corrected chi connectivity index (χ2v) is 6.84. The number of aromatic nitrogens is 2. The van der Waals surface area contributed by atoms with Crippen LogP contribution in [0, 0.1) is 5.92 Å². The molecule has 1 saturated carbocycles. The van der Waals surface area contributed by atoms with Gasteiger partial charge in [0.15, 0.2) is 0 Å². The predicted octanol–water partition coefficient (Wildman–Crippen LogP) is 1.25. The van der Waals surface area contributed by atoms with Crippen molar-refractivity contribution in [1.29, 1.82) is 0 Å². The minimum absolute atomic E-state index is 0.0399.